The van der Waals surface area contributed by atoms with Gasteiger partial charge in [0.2, 0.25) is 0 Å². The van der Waals surface area contributed by atoms with Crippen LogP contribution in [0.25, 0.3) is 0 Å². The molecule has 0 heterocycles. The first-order valence-corrected chi connectivity index (χ1v) is 3.86. The minimum Gasteiger partial charge on any atom is -0.0840 e. The summed E-state index contributed by atoms with van der Waals surface area (Å²) in [5, 5.41) is 1.36. The Bertz CT molecular complexity index is 210. The lowest BCUT2D eigenvalue weighted by molar-refractivity contribution is 1.14. The van der Waals surface area contributed by atoms with Crippen LogP contribution in [-0.4, -0.2) is 0 Å². The Hall–Kier alpha value is -0.200. The number of hydrogen-bond donors (Lipinski definition) is 0. The summed E-state index contributed by atoms with van der Waals surface area (Å²) in [7, 11) is 0. The maximum atomic E-state index is 5.83. The van der Waals surface area contributed by atoms with Crippen LogP contribution in [0.15, 0.2) is 12.1 Å². The number of benzene rings is 1. The SMILES string of the molecule is CCc1c(Cl)[c]ccc1Cl. The third kappa shape index (κ3) is 1.44. The Kier molecular flexibility index (Phi) is 2.58. The van der Waals surface area contributed by atoms with E-state index in [1.807, 2.05) is 6.92 Å². The molecule has 0 saturated heterocycles. The first-order chi connectivity index (χ1) is 4.75. The molecule has 0 aliphatic carbocycles. The van der Waals surface area contributed by atoms with Crippen molar-refractivity contribution in [3.8, 4) is 0 Å². The van der Waals surface area contributed by atoms with Gasteiger partial charge < -0.3 is 0 Å². The lowest BCUT2D eigenvalue weighted by Crippen LogP contribution is -1.82. The highest BCUT2D eigenvalue weighted by molar-refractivity contribution is 6.35. The Morgan fingerprint density at radius 3 is 2.60 bits per heavy atom. The minimum atomic E-state index is 0.634. The normalized spacial score (nSPS) is 9.90. The summed E-state index contributed by atoms with van der Waals surface area (Å²) in [4.78, 5) is 0. The fourth-order valence-corrected chi connectivity index (χ4v) is 1.44. The van der Waals surface area contributed by atoms with Gasteiger partial charge in [-0.15, -0.1) is 0 Å². The number of rotatable bonds is 1. The van der Waals surface area contributed by atoms with Crippen molar-refractivity contribution < 1.29 is 0 Å². The van der Waals surface area contributed by atoms with Crippen LogP contribution in [0.1, 0.15) is 12.5 Å². The van der Waals surface area contributed by atoms with E-state index in [-0.39, 0.29) is 0 Å². The van der Waals surface area contributed by atoms with Gasteiger partial charge in [0.05, 0.1) is 5.02 Å². The molecule has 0 N–H and O–H groups in total. The molecule has 1 aromatic carbocycles. The third-order valence-corrected chi connectivity index (χ3v) is 2.04. The van der Waals surface area contributed by atoms with Gasteiger partial charge in [0.25, 0.3) is 0 Å². The highest BCUT2D eigenvalue weighted by Gasteiger charge is 2.00. The first-order valence-electron chi connectivity index (χ1n) is 3.10. The van der Waals surface area contributed by atoms with Gasteiger partial charge in [-0.1, -0.05) is 36.2 Å². The molecule has 1 radical (unpaired) electrons. The summed E-state index contributed by atoms with van der Waals surface area (Å²) in [5.74, 6) is 0. The summed E-state index contributed by atoms with van der Waals surface area (Å²) >= 11 is 11.6. The summed E-state index contributed by atoms with van der Waals surface area (Å²) in [6.45, 7) is 2.01. The predicted octanol–water partition coefficient (Wildman–Crippen LogP) is 3.36. The second-order valence-corrected chi connectivity index (χ2v) is 2.76. The topological polar surface area (TPSA) is 0 Å². The summed E-state index contributed by atoms with van der Waals surface area (Å²) < 4.78 is 0. The maximum absolute atomic E-state index is 5.83. The van der Waals surface area contributed by atoms with E-state index in [9.17, 15) is 0 Å². The molecule has 1 aromatic rings. The van der Waals surface area contributed by atoms with Gasteiger partial charge >= 0.3 is 0 Å². The molecule has 2 heteroatoms. The minimum absolute atomic E-state index is 0.634. The van der Waals surface area contributed by atoms with Gasteiger partial charge in [0.1, 0.15) is 0 Å². The Balaban J connectivity index is 3.17. The molecule has 0 saturated carbocycles. The standard InChI is InChI=1S/C8H7Cl2/c1-2-6-7(9)4-3-5-8(6)10/h3-4H,2H2,1H3. The second kappa shape index (κ2) is 3.27. The van der Waals surface area contributed by atoms with E-state index in [0.29, 0.717) is 5.02 Å². The molecule has 0 unspecified atom stereocenters. The number of hydrogen-bond acceptors (Lipinski definition) is 0. The molecule has 0 amide bonds. The van der Waals surface area contributed by atoms with Gasteiger partial charge in [-0.05, 0) is 18.1 Å². The van der Waals surface area contributed by atoms with Crippen LogP contribution in [0, 0.1) is 6.07 Å². The average Bonchev–Trinajstić information content (AvgIpc) is 1.88. The molecule has 53 valence electrons. The van der Waals surface area contributed by atoms with E-state index in [2.05, 4.69) is 6.07 Å². The molecular formula is C8H7Cl2. The molecule has 0 bridgehead atoms. The van der Waals surface area contributed by atoms with Crippen molar-refractivity contribution in [2.75, 3.05) is 0 Å². The first kappa shape index (κ1) is 7.90. The Morgan fingerprint density at radius 1 is 1.50 bits per heavy atom. The second-order valence-electron chi connectivity index (χ2n) is 1.97. The predicted molar refractivity (Wildman–Crippen MR) is 44.7 cm³/mol. The fraction of sp³-hybridized carbons (Fsp3) is 0.250. The summed E-state index contributed by atoms with van der Waals surface area (Å²) in [6.07, 6.45) is 0.856. The van der Waals surface area contributed by atoms with E-state index in [1.165, 1.54) is 0 Å². The smallest absolute Gasteiger partial charge is 0.0531 e. The zero-order valence-corrected chi connectivity index (χ0v) is 7.13. The molecule has 0 aliphatic heterocycles. The zero-order chi connectivity index (χ0) is 7.56. The van der Waals surface area contributed by atoms with Crippen molar-refractivity contribution in [1.82, 2.24) is 0 Å². The van der Waals surface area contributed by atoms with E-state index in [4.69, 9.17) is 23.2 Å². The third-order valence-electron chi connectivity index (χ3n) is 1.35. The fourth-order valence-electron chi connectivity index (χ4n) is 0.805. The molecular weight excluding hydrogens is 167 g/mol. The number of halogens is 2. The van der Waals surface area contributed by atoms with Gasteiger partial charge in [0.15, 0.2) is 0 Å². The van der Waals surface area contributed by atoms with Gasteiger partial charge in [-0.25, -0.2) is 0 Å². The quantitative estimate of drug-likeness (QED) is 0.612. The van der Waals surface area contributed by atoms with Gasteiger partial charge in [-0.3, -0.25) is 0 Å². The lowest BCUT2D eigenvalue weighted by Gasteiger charge is -2.00. The van der Waals surface area contributed by atoms with Crippen molar-refractivity contribution in [1.29, 1.82) is 0 Å². The average molecular weight is 174 g/mol. The summed E-state index contributed by atoms with van der Waals surface area (Å²) in [5.41, 5.74) is 0.978. The van der Waals surface area contributed by atoms with Crippen molar-refractivity contribution >= 4 is 23.2 Å². The van der Waals surface area contributed by atoms with Gasteiger partial charge in [-0.2, -0.15) is 0 Å². The van der Waals surface area contributed by atoms with E-state index in [1.54, 1.807) is 12.1 Å². The highest BCUT2D eigenvalue weighted by atomic mass is 35.5. The molecule has 10 heavy (non-hydrogen) atoms. The molecule has 0 aromatic heterocycles. The van der Waals surface area contributed by atoms with Crippen LogP contribution in [0.5, 0.6) is 0 Å². The van der Waals surface area contributed by atoms with Crippen molar-refractivity contribution in [2.24, 2.45) is 0 Å². The highest BCUT2D eigenvalue weighted by Crippen LogP contribution is 2.23. The van der Waals surface area contributed by atoms with Crippen LogP contribution in [-0.2, 0) is 6.42 Å². The van der Waals surface area contributed by atoms with E-state index < -0.39 is 0 Å². The zero-order valence-electron chi connectivity index (χ0n) is 5.62. The molecule has 0 spiro atoms. The van der Waals surface area contributed by atoms with Crippen molar-refractivity contribution in [2.45, 2.75) is 13.3 Å². The van der Waals surface area contributed by atoms with E-state index in [0.717, 1.165) is 17.0 Å². The van der Waals surface area contributed by atoms with E-state index >= 15 is 0 Å². The lowest BCUT2D eigenvalue weighted by atomic mass is 10.2. The molecule has 0 nitrogen and oxygen atoms in total. The van der Waals surface area contributed by atoms with Crippen molar-refractivity contribution in [3.05, 3.63) is 33.8 Å². The largest absolute Gasteiger partial charge is 0.0840 e. The molecule has 0 atom stereocenters. The van der Waals surface area contributed by atoms with Crippen LogP contribution in [0.2, 0.25) is 10.0 Å². The van der Waals surface area contributed by atoms with Gasteiger partial charge in [0, 0.05) is 11.1 Å². The van der Waals surface area contributed by atoms with Crippen LogP contribution >= 0.6 is 23.2 Å². The Morgan fingerprint density at radius 2 is 2.20 bits per heavy atom. The maximum Gasteiger partial charge on any atom is 0.0531 e. The molecule has 0 aliphatic rings. The monoisotopic (exact) mass is 173 g/mol. The Labute approximate surface area is 70.8 Å². The van der Waals surface area contributed by atoms with Crippen LogP contribution < -0.4 is 0 Å². The van der Waals surface area contributed by atoms with Crippen molar-refractivity contribution in [3.63, 3.8) is 0 Å². The van der Waals surface area contributed by atoms with Crippen LogP contribution in [0.3, 0.4) is 0 Å². The summed E-state index contributed by atoms with van der Waals surface area (Å²) in [6, 6.07) is 6.40. The molecule has 1 rings (SSSR count). The molecule has 0 fully saturated rings. The van der Waals surface area contributed by atoms with Crippen LogP contribution in [0.4, 0.5) is 0 Å².